The summed E-state index contributed by atoms with van der Waals surface area (Å²) in [5.41, 5.74) is 0. The van der Waals surface area contributed by atoms with Crippen LogP contribution in [0.25, 0.3) is 0 Å². The third-order valence-electron chi connectivity index (χ3n) is 1.60. The molecule has 2 nitrogen and oxygen atoms in total. The van der Waals surface area contributed by atoms with Crippen molar-refractivity contribution in [2.24, 2.45) is 0 Å². The predicted octanol–water partition coefficient (Wildman–Crippen LogP) is 1.80. The molecule has 0 aliphatic carbocycles. The Morgan fingerprint density at radius 2 is 1.91 bits per heavy atom. The normalized spacial score (nSPS) is 10.4. The molecule has 11 heavy (non-hydrogen) atoms. The Balaban J connectivity index is 2.69. The Kier molecular flexibility index (Phi) is 9.85. The van der Waals surface area contributed by atoms with Crippen LogP contribution in [-0.2, 0) is 4.74 Å². The average Bonchev–Trinajstić information content (AvgIpc) is 2.03. The first-order valence-corrected chi connectivity index (χ1v) is 4.70. The standard InChI is InChI=1S/C9H21NO/c1-3-10-8-6-5-7-9-11-4-2/h10H,3-9H2,1-2H3. The van der Waals surface area contributed by atoms with Gasteiger partial charge in [-0.3, -0.25) is 0 Å². The molecular formula is C9H21NO. The van der Waals surface area contributed by atoms with Gasteiger partial charge >= 0.3 is 0 Å². The van der Waals surface area contributed by atoms with Gasteiger partial charge in [0.1, 0.15) is 0 Å². The van der Waals surface area contributed by atoms with Crippen molar-refractivity contribution >= 4 is 0 Å². The van der Waals surface area contributed by atoms with E-state index in [9.17, 15) is 0 Å². The van der Waals surface area contributed by atoms with Gasteiger partial charge < -0.3 is 10.1 Å². The van der Waals surface area contributed by atoms with Gasteiger partial charge in [0.05, 0.1) is 0 Å². The van der Waals surface area contributed by atoms with Gasteiger partial charge in [0, 0.05) is 13.2 Å². The first kappa shape index (κ1) is 10.9. The highest BCUT2D eigenvalue weighted by atomic mass is 16.5. The van der Waals surface area contributed by atoms with Gasteiger partial charge in [0.25, 0.3) is 0 Å². The van der Waals surface area contributed by atoms with E-state index in [1.807, 2.05) is 6.92 Å². The van der Waals surface area contributed by atoms with Gasteiger partial charge in [0.2, 0.25) is 0 Å². The van der Waals surface area contributed by atoms with Crippen LogP contribution < -0.4 is 5.32 Å². The maximum absolute atomic E-state index is 5.22. The maximum Gasteiger partial charge on any atom is 0.0465 e. The first-order valence-electron chi connectivity index (χ1n) is 4.70. The lowest BCUT2D eigenvalue weighted by Crippen LogP contribution is -2.13. The van der Waals surface area contributed by atoms with Crippen LogP contribution in [0.15, 0.2) is 0 Å². The Morgan fingerprint density at radius 1 is 1.09 bits per heavy atom. The Morgan fingerprint density at radius 3 is 2.55 bits per heavy atom. The van der Waals surface area contributed by atoms with Crippen LogP contribution in [0.3, 0.4) is 0 Å². The molecular weight excluding hydrogens is 138 g/mol. The summed E-state index contributed by atoms with van der Waals surface area (Å²) in [7, 11) is 0. The molecule has 0 saturated heterocycles. The molecule has 0 rings (SSSR count). The highest BCUT2D eigenvalue weighted by Crippen LogP contribution is 1.93. The van der Waals surface area contributed by atoms with E-state index in [0.717, 1.165) is 26.3 Å². The van der Waals surface area contributed by atoms with Crippen LogP contribution in [0, 0.1) is 0 Å². The number of ether oxygens (including phenoxy) is 1. The summed E-state index contributed by atoms with van der Waals surface area (Å²) in [6.45, 7) is 8.21. The van der Waals surface area contributed by atoms with Crippen LogP contribution in [0.4, 0.5) is 0 Å². The lowest BCUT2D eigenvalue weighted by molar-refractivity contribution is 0.143. The van der Waals surface area contributed by atoms with E-state index in [0.29, 0.717) is 0 Å². The molecule has 0 bridgehead atoms. The van der Waals surface area contributed by atoms with Crippen molar-refractivity contribution in [1.29, 1.82) is 0 Å². The van der Waals surface area contributed by atoms with E-state index in [1.165, 1.54) is 19.3 Å². The molecule has 1 N–H and O–H groups in total. The van der Waals surface area contributed by atoms with Crippen molar-refractivity contribution in [3.05, 3.63) is 0 Å². The van der Waals surface area contributed by atoms with Gasteiger partial charge in [-0.15, -0.1) is 0 Å². The maximum atomic E-state index is 5.22. The summed E-state index contributed by atoms with van der Waals surface area (Å²) in [6, 6.07) is 0. The molecule has 0 atom stereocenters. The molecule has 0 amide bonds. The summed E-state index contributed by atoms with van der Waals surface area (Å²) in [6.07, 6.45) is 3.77. The minimum atomic E-state index is 0.854. The zero-order valence-electron chi connectivity index (χ0n) is 7.86. The van der Waals surface area contributed by atoms with E-state index < -0.39 is 0 Å². The second-order valence-electron chi connectivity index (χ2n) is 2.61. The molecule has 0 heterocycles. The largest absolute Gasteiger partial charge is 0.382 e. The minimum Gasteiger partial charge on any atom is -0.382 e. The second kappa shape index (κ2) is 9.92. The van der Waals surface area contributed by atoms with Gasteiger partial charge in [-0.1, -0.05) is 6.92 Å². The molecule has 2 heteroatoms. The summed E-state index contributed by atoms with van der Waals surface area (Å²) < 4.78 is 5.22. The van der Waals surface area contributed by atoms with Gasteiger partial charge in [0.15, 0.2) is 0 Å². The van der Waals surface area contributed by atoms with Crippen molar-refractivity contribution in [3.63, 3.8) is 0 Å². The van der Waals surface area contributed by atoms with Gasteiger partial charge in [-0.25, -0.2) is 0 Å². The fourth-order valence-electron chi connectivity index (χ4n) is 0.952. The van der Waals surface area contributed by atoms with Crippen LogP contribution >= 0.6 is 0 Å². The van der Waals surface area contributed by atoms with Crippen molar-refractivity contribution < 1.29 is 4.74 Å². The third-order valence-corrected chi connectivity index (χ3v) is 1.60. The zero-order valence-corrected chi connectivity index (χ0v) is 7.86. The average molecular weight is 159 g/mol. The number of hydrogen-bond donors (Lipinski definition) is 1. The molecule has 0 spiro atoms. The molecule has 0 aromatic heterocycles. The van der Waals surface area contributed by atoms with Gasteiger partial charge in [-0.05, 0) is 39.3 Å². The molecule has 0 aromatic carbocycles. The summed E-state index contributed by atoms with van der Waals surface area (Å²) in [4.78, 5) is 0. The highest BCUT2D eigenvalue weighted by Gasteiger charge is 1.87. The molecule has 0 radical (unpaired) electrons. The van der Waals surface area contributed by atoms with E-state index in [1.54, 1.807) is 0 Å². The smallest absolute Gasteiger partial charge is 0.0465 e. The lowest BCUT2D eigenvalue weighted by Gasteiger charge is -2.01. The zero-order chi connectivity index (χ0) is 8.36. The predicted molar refractivity (Wildman–Crippen MR) is 48.9 cm³/mol. The lowest BCUT2D eigenvalue weighted by atomic mass is 10.2. The van der Waals surface area contributed by atoms with E-state index in [-0.39, 0.29) is 0 Å². The molecule has 0 fully saturated rings. The topological polar surface area (TPSA) is 21.3 Å². The van der Waals surface area contributed by atoms with Crippen molar-refractivity contribution in [3.8, 4) is 0 Å². The molecule has 0 aliphatic rings. The van der Waals surface area contributed by atoms with Gasteiger partial charge in [-0.2, -0.15) is 0 Å². The van der Waals surface area contributed by atoms with E-state index >= 15 is 0 Å². The van der Waals surface area contributed by atoms with Crippen molar-refractivity contribution in [2.75, 3.05) is 26.3 Å². The molecule has 0 aromatic rings. The Hall–Kier alpha value is -0.0800. The van der Waals surface area contributed by atoms with Crippen molar-refractivity contribution in [2.45, 2.75) is 33.1 Å². The summed E-state index contributed by atoms with van der Waals surface area (Å²) in [5.74, 6) is 0. The third kappa shape index (κ3) is 9.92. The van der Waals surface area contributed by atoms with Crippen LogP contribution in [0.2, 0.25) is 0 Å². The van der Waals surface area contributed by atoms with Crippen LogP contribution in [0.1, 0.15) is 33.1 Å². The van der Waals surface area contributed by atoms with E-state index in [4.69, 9.17) is 4.74 Å². The Bertz CT molecular complexity index is 58.6. The SMILES string of the molecule is CCNCCCCCOCC. The molecule has 68 valence electrons. The minimum absolute atomic E-state index is 0.854. The first-order chi connectivity index (χ1) is 5.41. The van der Waals surface area contributed by atoms with Crippen LogP contribution in [0.5, 0.6) is 0 Å². The van der Waals surface area contributed by atoms with E-state index in [2.05, 4.69) is 12.2 Å². The number of unbranched alkanes of at least 4 members (excludes halogenated alkanes) is 2. The fraction of sp³-hybridized carbons (Fsp3) is 1.00. The van der Waals surface area contributed by atoms with Crippen molar-refractivity contribution in [1.82, 2.24) is 5.32 Å². The molecule has 0 unspecified atom stereocenters. The highest BCUT2D eigenvalue weighted by molar-refractivity contribution is 4.45. The number of nitrogens with one attached hydrogen (secondary N) is 1. The van der Waals surface area contributed by atoms with Crippen LogP contribution in [-0.4, -0.2) is 26.3 Å². The fourth-order valence-corrected chi connectivity index (χ4v) is 0.952. The summed E-state index contributed by atoms with van der Waals surface area (Å²) in [5, 5.41) is 3.30. The molecule has 0 aliphatic heterocycles. The molecule has 0 saturated carbocycles. The number of hydrogen-bond acceptors (Lipinski definition) is 2. The Labute approximate surface area is 70.3 Å². The number of rotatable bonds is 8. The monoisotopic (exact) mass is 159 g/mol. The quantitative estimate of drug-likeness (QED) is 0.545. The summed E-state index contributed by atoms with van der Waals surface area (Å²) >= 11 is 0. The second-order valence-corrected chi connectivity index (χ2v) is 2.61.